The fourth-order valence-electron chi connectivity index (χ4n) is 7.17. The Morgan fingerprint density at radius 2 is 1.93 bits per heavy atom. The molecule has 4 aromatic rings. The zero-order chi connectivity index (χ0) is 29.2. The van der Waals surface area contributed by atoms with Crippen LogP contribution in [-0.2, 0) is 27.1 Å². The van der Waals surface area contributed by atoms with Gasteiger partial charge in [0, 0.05) is 25.0 Å². The molecule has 3 aromatic heterocycles. The molecular formula is C32H43N7O3. The van der Waals surface area contributed by atoms with Gasteiger partial charge in [-0.15, -0.1) is 0 Å². The fourth-order valence-corrected chi connectivity index (χ4v) is 7.17. The summed E-state index contributed by atoms with van der Waals surface area (Å²) in [6.07, 6.45) is 8.11. The topological polar surface area (TPSA) is 103 Å². The third-order valence-electron chi connectivity index (χ3n) is 9.47. The van der Waals surface area contributed by atoms with Gasteiger partial charge >= 0.3 is 0 Å². The summed E-state index contributed by atoms with van der Waals surface area (Å²) >= 11 is 0. The van der Waals surface area contributed by atoms with E-state index >= 15 is 0 Å². The third-order valence-corrected chi connectivity index (χ3v) is 9.47. The first-order valence-corrected chi connectivity index (χ1v) is 15.6. The van der Waals surface area contributed by atoms with Gasteiger partial charge in [-0.05, 0) is 83.9 Å². The van der Waals surface area contributed by atoms with Crippen LogP contribution >= 0.6 is 0 Å². The van der Waals surface area contributed by atoms with Gasteiger partial charge in [0.05, 0.1) is 23.1 Å². The van der Waals surface area contributed by atoms with Gasteiger partial charge in [-0.1, -0.05) is 13.0 Å². The van der Waals surface area contributed by atoms with Crippen LogP contribution in [0.1, 0.15) is 77.2 Å². The smallest absolute Gasteiger partial charge is 0.166 e. The molecule has 4 atom stereocenters. The largest absolute Gasteiger partial charge is 0.348 e. The summed E-state index contributed by atoms with van der Waals surface area (Å²) in [7, 11) is 0. The van der Waals surface area contributed by atoms with E-state index < -0.39 is 5.79 Å². The molecule has 7 rings (SSSR count). The first-order chi connectivity index (χ1) is 20.2. The van der Waals surface area contributed by atoms with Crippen molar-refractivity contribution in [2.24, 2.45) is 5.92 Å². The second-order valence-corrected chi connectivity index (χ2v) is 13.1. The first kappa shape index (κ1) is 27.9. The number of aromatic nitrogens is 6. The number of benzene rings is 1. The zero-order valence-electron chi connectivity index (χ0n) is 25.6. The highest BCUT2D eigenvalue weighted by Gasteiger charge is 2.56. The van der Waals surface area contributed by atoms with Crippen molar-refractivity contribution in [1.82, 2.24) is 34.4 Å². The number of aromatic amines is 1. The number of hydrogen-bond donors (Lipinski definition) is 1. The summed E-state index contributed by atoms with van der Waals surface area (Å²) in [5.74, 6) is 1.15. The molecule has 0 unspecified atom stereocenters. The molecule has 3 aliphatic rings. The normalized spacial score (nSPS) is 28.8. The average molecular weight is 574 g/mol. The molecule has 0 radical (unpaired) electrons. The standard InChI is InChI=1S/C32H43N7O3/c1-7-20-8-10-23-24(14-20)37-26(36-23)11-9-21-12-22(13-21)38(18(2)3)15-25-28-29(42-32(5,6)41-28)31(40-25)39-17-35-27-19(4)33-16-34-30(27)39/h8,10,14,16-18,21-22,25,28-29,31H,7,9,11-13,15H2,1-6H3,(H,36,37)/t21?,22?,25-,28-,29-,31-/m1/s1. The number of hydrogen-bond acceptors (Lipinski definition) is 8. The Labute approximate surface area is 247 Å². The van der Waals surface area contributed by atoms with E-state index in [9.17, 15) is 0 Å². The van der Waals surface area contributed by atoms with Crippen molar-refractivity contribution in [2.45, 2.75) is 116 Å². The average Bonchev–Trinajstić information content (AvgIpc) is 3.68. The van der Waals surface area contributed by atoms with Crippen molar-refractivity contribution in [3.8, 4) is 0 Å². The van der Waals surface area contributed by atoms with Crippen LogP contribution in [0.4, 0.5) is 0 Å². The number of nitrogens with one attached hydrogen (secondary N) is 1. The molecule has 2 aliphatic heterocycles. The molecular weight excluding hydrogens is 530 g/mol. The molecule has 0 bridgehead atoms. The van der Waals surface area contributed by atoms with E-state index in [1.54, 1.807) is 12.7 Å². The molecule has 224 valence electrons. The molecule has 10 nitrogen and oxygen atoms in total. The Morgan fingerprint density at radius 1 is 1.12 bits per heavy atom. The van der Waals surface area contributed by atoms with E-state index in [1.807, 2.05) is 25.3 Å². The van der Waals surface area contributed by atoms with Crippen LogP contribution in [0.15, 0.2) is 30.9 Å². The number of rotatable bonds is 9. The minimum Gasteiger partial charge on any atom is -0.348 e. The minimum atomic E-state index is -0.671. The van der Waals surface area contributed by atoms with Crippen molar-refractivity contribution >= 4 is 22.2 Å². The second kappa shape index (κ2) is 10.7. The van der Waals surface area contributed by atoms with Gasteiger partial charge in [-0.25, -0.2) is 19.9 Å². The molecule has 1 aliphatic carbocycles. The van der Waals surface area contributed by atoms with E-state index in [4.69, 9.17) is 19.2 Å². The summed E-state index contributed by atoms with van der Waals surface area (Å²) in [5.41, 5.74) is 5.97. The zero-order valence-corrected chi connectivity index (χ0v) is 25.6. The number of nitrogens with zero attached hydrogens (tertiary/aromatic N) is 6. The summed E-state index contributed by atoms with van der Waals surface area (Å²) in [5, 5.41) is 0. The summed E-state index contributed by atoms with van der Waals surface area (Å²) < 4.78 is 21.6. The predicted molar refractivity (Wildman–Crippen MR) is 160 cm³/mol. The molecule has 1 aromatic carbocycles. The Balaban J connectivity index is 1.01. The van der Waals surface area contributed by atoms with Gasteiger partial charge in [-0.2, -0.15) is 0 Å². The van der Waals surface area contributed by atoms with E-state index in [-0.39, 0.29) is 24.5 Å². The third kappa shape index (κ3) is 5.02. The quantitative estimate of drug-likeness (QED) is 0.295. The fraction of sp³-hybridized carbons (Fsp3) is 0.625. The van der Waals surface area contributed by atoms with Crippen LogP contribution < -0.4 is 0 Å². The van der Waals surface area contributed by atoms with Crippen LogP contribution in [0.2, 0.25) is 0 Å². The van der Waals surface area contributed by atoms with Crippen LogP contribution in [-0.4, -0.2) is 77.1 Å². The Bertz CT molecular complexity index is 1570. The van der Waals surface area contributed by atoms with Gasteiger partial charge in [0.25, 0.3) is 0 Å². The van der Waals surface area contributed by atoms with E-state index in [0.717, 1.165) is 59.5 Å². The maximum Gasteiger partial charge on any atom is 0.166 e. The van der Waals surface area contributed by atoms with Crippen molar-refractivity contribution in [2.75, 3.05) is 6.54 Å². The maximum atomic E-state index is 6.75. The lowest BCUT2D eigenvalue weighted by Gasteiger charge is -2.46. The molecule has 1 N–H and O–H groups in total. The van der Waals surface area contributed by atoms with E-state index in [1.165, 1.54) is 18.4 Å². The van der Waals surface area contributed by atoms with Crippen LogP contribution in [0.25, 0.3) is 22.2 Å². The van der Waals surface area contributed by atoms with Crippen molar-refractivity contribution in [3.05, 3.63) is 47.9 Å². The predicted octanol–water partition coefficient (Wildman–Crippen LogP) is 5.11. The first-order valence-electron chi connectivity index (χ1n) is 15.6. The Morgan fingerprint density at radius 3 is 2.71 bits per heavy atom. The molecule has 2 saturated heterocycles. The summed E-state index contributed by atoms with van der Waals surface area (Å²) in [6.45, 7) is 13.5. The van der Waals surface area contributed by atoms with Crippen molar-refractivity contribution in [1.29, 1.82) is 0 Å². The highest BCUT2D eigenvalue weighted by molar-refractivity contribution is 5.76. The number of imidazole rings is 2. The van der Waals surface area contributed by atoms with Gasteiger partial charge < -0.3 is 19.2 Å². The highest BCUT2D eigenvalue weighted by atomic mass is 16.8. The monoisotopic (exact) mass is 573 g/mol. The SMILES string of the molecule is CCc1ccc2nc(CCC3CC(N(C[C@H]4O[C@@H](n5cnc6c(C)ncnc65)[C@@H]5OC(C)(C)O[C@@H]54)C(C)C)C3)[nH]c2c1. The van der Waals surface area contributed by atoms with Crippen LogP contribution in [0.5, 0.6) is 0 Å². The second-order valence-electron chi connectivity index (χ2n) is 13.1. The number of H-pyrrole nitrogens is 1. The number of ether oxygens (including phenoxy) is 3. The molecule has 0 amide bonds. The molecule has 0 spiro atoms. The Kier molecular flexibility index (Phi) is 7.08. The maximum absolute atomic E-state index is 6.75. The lowest BCUT2D eigenvalue weighted by atomic mass is 9.76. The lowest BCUT2D eigenvalue weighted by molar-refractivity contribution is -0.199. The molecule has 5 heterocycles. The van der Waals surface area contributed by atoms with E-state index in [0.29, 0.717) is 18.0 Å². The number of aryl methyl sites for hydroxylation is 3. The van der Waals surface area contributed by atoms with Gasteiger partial charge in [0.15, 0.2) is 17.7 Å². The summed E-state index contributed by atoms with van der Waals surface area (Å²) in [6, 6.07) is 7.49. The minimum absolute atomic E-state index is 0.118. The van der Waals surface area contributed by atoms with E-state index in [2.05, 4.69) is 63.8 Å². The van der Waals surface area contributed by atoms with Gasteiger partial charge in [-0.3, -0.25) is 9.47 Å². The molecule has 3 fully saturated rings. The van der Waals surface area contributed by atoms with Gasteiger partial charge in [0.2, 0.25) is 0 Å². The van der Waals surface area contributed by atoms with Crippen LogP contribution in [0.3, 0.4) is 0 Å². The molecule has 42 heavy (non-hydrogen) atoms. The summed E-state index contributed by atoms with van der Waals surface area (Å²) in [4.78, 5) is 24.4. The lowest BCUT2D eigenvalue weighted by Crippen LogP contribution is -2.52. The van der Waals surface area contributed by atoms with Gasteiger partial charge in [0.1, 0.15) is 36.0 Å². The Hall–Kier alpha value is -2.92. The van der Waals surface area contributed by atoms with Crippen molar-refractivity contribution in [3.63, 3.8) is 0 Å². The van der Waals surface area contributed by atoms with Crippen LogP contribution in [0, 0.1) is 12.8 Å². The molecule has 1 saturated carbocycles. The number of fused-ring (bicyclic) bond motifs is 3. The molecule has 10 heteroatoms. The van der Waals surface area contributed by atoms with Crippen molar-refractivity contribution < 1.29 is 14.2 Å². The highest BCUT2D eigenvalue weighted by Crippen LogP contribution is 2.45.